The van der Waals surface area contributed by atoms with Gasteiger partial charge in [-0.05, 0) is 34.1 Å². The minimum Gasteiger partial charge on any atom is -0.263 e. The summed E-state index contributed by atoms with van der Waals surface area (Å²) in [6.45, 7) is 0. The summed E-state index contributed by atoms with van der Waals surface area (Å²) in [5, 5.41) is 0.493. The molecule has 0 saturated carbocycles. The van der Waals surface area contributed by atoms with Crippen molar-refractivity contribution < 1.29 is 0 Å². The van der Waals surface area contributed by atoms with Crippen LogP contribution in [0.2, 0.25) is 5.15 Å². The molecule has 2 aromatic heterocycles. The second-order valence-corrected chi connectivity index (χ2v) is 4.01. The third kappa shape index (κ3) is 1.94. The van der Waals surface area contributed by atoms with E-state index < -0.39 is 0 Å². The highest BCUT2D eigenvalue weighted by molar-refractivity contribution is 9.10. The second kappa shape index (κ2) is 4.07. The van der Waals surface area contributed by atoms with Gasteiger partial charge in [0.25, 0.3) is 0 Å². The Bertz CT molecular complexity index is 459. The van der Waals surface area contributed by atoms with Gasteiger partial charge >= 0.3 is 0 Å². The van der Waals surface area contributed by atoms with E-state index in [1.807, 2.05) is 18.2 Å². The van der Waals surface area contributed by atoms with E-state index in [2.05, 4.69) is 25.9 Å². The van der Waals surface area contributed by atoms with Crippen molar-refractivity contribution in [3.63, 3.8) is 0 Å². The van der Waals surface area contributed by atoms with Crippen molar-refractivity contribution in [1.29, 1.82) is 0 Å². The van der Waals surface area contributed by atoms with E-state index in [9.17, 15) is 0 Å². The molecule has 0 aromatic carbocycles. The van der Waals surface area contributed by atoms with Crippen LogP contribution in [0.1, 0.15) is 0 Å². The van der Waals surface area contributed by atoms with Crippen LogP contribution in [0.5, 0.6) is 0 Å². The molecular weight excluding hydrogens is 263 g/mol. The molecule has 0 fully saturated rings. The molecule has 0 unspecified atom stereocenters. The van der Waals surface area contributed by atoms with Gasteiger partial charge in [0.15, 0.2) is 0 Å². The molecule has 0 aliphatic heterocycles. The molecule has 0 spiro atoms. The Morgan fingerprint density at radius 3 is 2.86 bits per heavy atom. The average molecular weight is 270 g/mol. The lowest BCUT2D eigenvalue weighted by atomic mass is 10.1. The topological polar surface area (TPSA) is 25.8 Å². The van der Waals surface area contributed by atoms with Crippen molar-refractivity contribution in [3.05, 3.63) is 46.4 Å². The van der Waals surface area contributed by atoms with Crippen LogP contribution in [0.4, 0.5) is 0 Å². The zero-order valence-electron chi connectivity index (χ0n) is 7.11. The number of aromatic nitrogens is 2. The van der Waals surface area contributed by atoms with Gasteiger partial charge in [-0.25, -0.2) is 4.98 Å². The van der Waals surface area contributed by atoms with Crippen molar-refractivity contribution in [2.24, 2.45) is 0 Å². The molecule has 2 nitrogen and oxygen atoms in total. The first-order valence-electron chi connectivity index (χ1n) is 3.99. The fourth-order valence-electron chi connectivity index (χ4n) is 1.16. The van der Waals surface area contributed by atoms with Gasteiger partial charge in [0.2, 0.25) is 0 Å². The van der Waals surface area contributed by atoms with Gasteiger partial charge in [0.05, 0.1) is 0 Å². The summed E-state index contributed by atoms with van der Waals surface area (Å²) in [5.41, 5.74) is 1.85. The Morgan fingerprint density at radius 1 is 1.29 bits per heavy atom. The van der Waals surface area contributed by atoms with E-state index in [1.54, 1.807) is 18.6 Å². The van der Waals surface area contributed by atoms with Gasteiger partial charge in [-0.2, -0.15) is 0 Å². The predicted octanol–water partition coefficient (Wildman–Crippen LogP) is 3.56. The number of rotatable bonds is 1. The maximum atomic E-state index is 5.96. The van der Waals surface area contributed by atoms with Gasteiger partial charge in [0.1, 0.15) is 5.15 Å². The zero-order chi connectivity index (χ0) is 9.97. The summed E-state index contributed by atoms with van der Waals surface area (Å²) < 4.78 is 0.926. The van der Waals surface area contributed by atoms with Crippen LogP contribution in [0.3, 0.4) is 0 Å². The van der Waals surface area contributed by atoms with Crippen molar-refractivity contribution in [1.82, 2.24) is 9.97 Å². The second-order valence-electron chi connectivity index (χ2n) is 2.73. The zero-order valence-corrected chi connectivity index (χ0v) is 9.46. The molecule has 2 rings (SSSR count). The van der Waals surface area contributed by atoms with Crippen LogP contribution < -0.4 is 0 Å². The lowest BCUT2D eigenvalue weighted by Gasteiger charge is -2.02. The molecular formula is C10H6BrClN2. The maximum absolute atomic E-state index is 5.96. The Balaban J connectivity index is 2.55. The molecule has 4 heteroatoms. The molecule has 0 atom stereocenters. The molecule has 0 saturated heterocycles. The number of halogens is 2. The van der Waals surface area contributed by atoms with Crippen LogP contribution in [0.15, 0.2) is 41.3 Å². The first-order valence-corrected chi connectivity index (χ1v) is 5.16. The van der Waals surface area contributed by atoms with Gasteiger partial charge in [-0.3, -0.25) is 4.98 Å². The summed E-state index contributed by atoms with van der Waals surface area (Å²) in [4.78, 5) is 8.08. The number of hydrogen-bond donors (Lipinski definition) is 0. The minimum atomic E-state index is 0.493. The summed E-state index contributed by atoms with van der Waals surface area (Å²) in [6, 6.07) is 5.72. The molecule has 70 valence electrons. The lowest BCUT2D eigenvalue weighted by Crippen LogP contribution is -1.83. The van der Waals surface area contributed by atoms with Crippen LogP contribution in [0.25, 0.3) is 11.1 Å². The summed E-state index contributed by atoms with van der Waals surface area (Å²) in [5.74, 6) is 0. The van der Waals surface area contributed by atoms with Crippen molar-refractivity contribution in [2.75, 3.05) is 0 Å². The van der Waals surface area contributed by atoms with Crippen molar-refractivity contribution in [3.8, 4) is 11.1 Å². The first-order chi connectivity index (χ1) is 6.77. The van der Waals surface area contributed by atoms with E-state index >= 15 is 0 Å². The Morgan fingerprint density at radius 2 is 2.14 bits per heavy atom. The molecule has 0 aliphatic rings. The van der Waals surface area contributed by atoms with Gasteiger partial charge in [-0.1, -0.05) is 11.6 Å². The highest BCUT2D eigenvalue weighted by Gasteiger charge is 2.03. The third-order valence-electron chi connectivity index (χ3n) is 1.77. The molecule has 0 aliphatic carbocycles. The van der Waals surface area contributed by atoms with Crippen LogP contribution in [0, 0.1) is 0 Å². The smallest absolute Gasteiger partial charge is 0.136 e. The third-order valence-corrected chi connectivity index (χ3v) is 2.51. The van der Waals surface area contributed by atoms with Gasteiger partial charge in [0, 0.05) is 34.2 Å². The summed E-state index contributed by atoms with van der Waals surface area (Å²) in [6.07, 6.45) is 5.15. The largest absolute Gasteiger partial charge is 0.263 e. The number of hydrogen-bond acceptors (Lipinski definition) is 2. The van der Waals surface area contributed by atoms with Crippen LogP contribution in [-0.2, 0) is 0 Å². The van der Waals surface area contributed by atoms with E-state index in [1.165, 1.54) is 0 Å². The monoisotopic (exact) mass is 268 g/mol. The Hall–Kier alpha value is -0.930. The Kier molecular flexibility index (Phi) is 2.79. The van der Waals surface area contributed by atoms with Gasteiger partial charge < -0.3 is 0 Å². The number of nitrogens with zero attached hydrogens (tertiary/aromatic N) is 2. The first kappa shape index (κ1) is 9.62. The summed E-state index contributed by atoms with van der Waals surface area (Å²) in [7, 11) is 0. The molecule has 2 aromatic rings. The quantitative estimate of drug-likeness (QED) is 0.740. The van der Waals surface area contributed by atoms with E-state index in [4.69, 9.17) is 11.6 Å². The van der Waals surface area contributed by atoms with Crippen molar-refractivity contribution in [2.45, 2.75) is 0 Å². The van der Waals surface area contributed by atoms with Crippen LogP contribution in [-0.4, -0.2) is 9.97 Å². The predicted molar refractivity (Wildman–Crippen MR) is 60.2 cm³/mol. The minimum absolute atomic E-state index is 0.493. The molecule has 0 amide bonds. The lowest BCUT2D eigenvalue weighted by molar-refractivity contribution is 1.29. The molecule has 0 bridgehead atoms. The molecule has 2 heterocycles. The SMILES string of the molecule is Clc1ncccc1-c1cncc(Br)c1. The summed E-state index contributed by atoms with van der Waals surface area (Å²) >= 11 is 9.31. The van der Waals surface area contributed by atoms with E-state index in [0.29, 0.717) is 5.15 Å². The fourth-order valence-corrected chi connectivity index (χ4v) is 1.75. The highest BCUT2D eigenvalue weighted by atomic mass is 79.9. The van der Waals surface area contributed by atoms with Gasteiger partial charge in [-0.15, -0.1) is 0 Å². The molecule has 14 heavy (non-hydrogen) atoms. The number of pyridine rings is 2. The average Bonchev–Trinajstić information content (AvgIpc) is 2.18. The highest BCUT2D eigenvalue weighted by Crippen LogP contribution is 2.26. The molecule has 0 radical (unpaired) electrons. The van der Waals surface area contributed by atoms with Crippen LogP contribution >= 0.6 is 27.5 Å². The van der Waals surface area contributed by atoms with E-state index in [0.717, 1.165) is 15.6 Å². The standard InChI is InChI=1S/C10H6BrClN2/c11-8-4-7(5-13-6-8)9-2-1-3-14-10(9)12/h1-6H. The normalized spacial score (nSPS) is 10.1. The van der Waals surface area contributed by atoms with E-state index in [-0.39, 0.29) is 0 Å². The molecule has 0 N–H and O–H groups in total. The Labute approximate surface area is 95.1 Å². The maximum Gasteiger partial charge on any atom is 0.136 e. The van der Waals surface area contributed by atoms with Crippen molar-refractivity contribution >= 4 is 27.5 Å². The fraction of sp³-hybridized carbons (Fsp3) is 0.